The summed E-state index contributed by atoms with van der Waals surface area (Å²) in [6.45, 7) is 9.90. The Labute approximate surface area is 349 Å². The Balaban J connectivity index is 0.760. The summed E-state index contributed by atoms with van der Waals surface area (Å²) in [6.07, 6.45) is 7.60. The standard InChI is InChI=1S/C45H54N10O5/c1-28-24-55(43-36(28)21-34(23-47-43)53-16-15-41(57)48-45(53)59)33-13-7-30(8-14-33)25-51-17-19-52(20-18-51)44(58)32-11-9-31(10-12-32)40-26-54(29(2)27-60-40)38-22-37(49-50-42(38)46)35-5-3-4-6-39(35)56/h3-6,9-12,21-24,29-30,33,40,45,56,59H,7-8,13-20,25-27H2,1-2H3,(H2,46,50)(H,48,57)/t29-,30?,33?,40+,45?/m1/s1. The quantitative estimate of drug-likeness (QED) is 0.168. The summed E-state index contributed by atoms with van der Waals surface area (Å²) in [5, 5.41) is 33.0. The number of carbonyl (C=O) groups excluding carboxylic acids is 2. The molecule has 5 aromatic rings. The van der Waals surface area contributed by atoms with Crippen LogP contribution in [0, 0.1) is 12.8 Å². The lowest BCUT2D eigenvalue weighted by Gasteiger charge is -2.40. The van der Waals surface area contributed by atoms with Crippen molar-refractivity contribution in [3.05, 3.63) is 89.7 Å². The maximum atomic E-state index is 13.7. The van der Waals surface area contributed by atoms with Crippen molar-refractivity contribution in [1.29, 1.82) is 0 Å². The van der Waals surface area contributed by atoms with Crippen molar-refractivity contribution in [3.8, 4) is 17.0 Å². The number of phenolic OH excluding ortho intramolecular Hbond substituents is 1. The van der Waals surface area contributed by atoms with E-state index in [1.807, 2.05) is 41.3 Å². The van der Waals surface area contributed by atoms with Crippen LogP contribution < -0.4 is 20.9 Å². The number of aromatic nitrogens is 4. The molecule has 0 bridgehead atoms. The molecule has 1 aliphatic carbocycles. The Morgan fingerprint density at radius 2 is 1.73 bits per heavy atom. The molecule has 0 spiro atoms. The molecule has 4 aliphatic rings. The molecule has 5 N–H and O–H groups in total. The summed E-state index contributed by atoms with van der Waals surface area (Å²) in [7, 11) is 0. The van der Waals surface area contributed by atoms with E-state index in [-0.39, 0.29) is 29.7 Å². The van der Waals surface area contributed by atoms with Gasteiger partial charge in [-0.05, 0) is 93.0 Å². The zero-order valence-corrected chi connectivity index (χ0v) is 34.3. The number of phenols is 1. The van der Waals surface area contributed by atoms with Gasteiger partial charge in [-0.2, -0.15) is 0 Å². The van der Waals surface area contributed by atoms with E-state index >= 15 is 0 Å². The minimum Gasteiger partial charge on any atom is -0.507 e. The minimum absolute atomic E-state index is 0.0400. The first-order chi connectivity index (χ1) is 29.1. The van der Waals surface area contributed by atoms with Crippen molar-refractivity contribution in [3.63, 3.8) is 0 Å². The highest BCUT2D eigenvalue weighted by molar-refractivity contribution is 5.94. The van der Waals surface area contributed by atoms with E-state index in [0.717, 1.165) is 78.9 Å². The van der Waals surface area contributed by atoms with Crippen molar-refractivity contribution >= 4 is 40.0 Å². The number of anilines is 3. The van der Waals surface area contributed by atoms with E-state index in [1.165, 1.54) is 0 Å². The smallest absolute Gasteiger partial charge is 0.253 e. The fourth-order valence-electron chi connectivity index (χ4n) is 9.49. The molecular weight excluding hydrogens is 761 g/mol. The van der Waals surface area contributed by atoms with Gasteiger partial charge < -0.3 is 45.3 Å². The monoisotopic (exact) mass is 814 g/mol. The van der Waals surface area contributed by atoms with Gasteiger partial charge in [0.25, 0.3) is 5.91 Å². The summed E-state index contributed by atoms with van der Waals surface area (Å²) in [6, 6.07) is 19.2. The van der Waals surface area contributed by atoms with Gasteiger partial charge in [0.1, 0.15) is 17.5 Å². The molecule has 2 aromatic carbocycles. The van der Waals surface area contributed by atoms with Crippen LogP contribution in [0.4, 0.5) is 17.2 Å². The number of morpholine rings is 1. The lowest BCUT2D eigenvalue weighted by molar-refractivity contribution is -0.125. The lowest BCUT2D eigenvalue weighted by Crippen LogP contribution is -2.54. The number of aryl methyl sites for hydroxylation is 1. The topological polar surface area (TPSA) is 178 Å². The second-order valence-electron chi connectivity index (χ2n) is 16.9. The van der Waals surface area contributed by atoms with Gasteiger partial charge in [0.15, 0.2) is 5.82 Å². The predicted octanol–water partition coefficient (Wildman–Crippen LogP) is 4.85. The Kier molecular flexibility index (Phi) is 11.0. The molecule has 1 unspecified atom stereocenters. The van der Waals surface area contributed by atoms with Gasteiger partial charge in [-0.1, -0.05) is 24.3 Å². The fraction of sp³-hybridized carbons (Fsp3) is 0.444. The summed E-state index contributed by atoms with van der Waals surface area (Å²) >= 11 is 0. The number of pyridine rings is 1. The van der Waals surface area contributed by atoms with Gasteiger partial charge in [-0.15, -0.1) is 10.2 Å². The number of carbonyl (C=O) groups is 2. The number of aromatic hydroxyl groups is 1. The molecule has 1 saturated carbocycles. The number of hydrogen-bond acceptors (Lipinski definition) is 12. The Bertz CT molecular complexity index is 2350. The number of nitrogen functional groups attached to an aromatic ring is 1. The Morgan fingerprint density at radius 1 is 0.967 bits per heavy atom. The molecule has 15 heteroatoms. The summed E-state index contributed by atoms with van der Waals surface area (Å²) < 4.78 is 8.63. The average Bonchev–Trinajstić information content (AvgIpc) is 3.60. The number of fused-ring (bicyclic) bond motifs is 1. The van der Waals surface area contributed by atoms with Crippen molar-refractivity contribution in [2.45, 2.75) is 70.5 Å². The molecule has 60 heavy (non-hydrogen) atoms. The maximum absolute atomic E-state index is 13.7. The third kappa shape index (κ3) is 7.96. The first kappa shape index (κ1) is 39.7. The van der Waals surface area contributed by atoms with Crippen LogP contribution in [-0.2, 0) is 9.53 Å². The number of aliphatic hydroxyl groups excluding tert-OH is 1. The number of nitrogens with zero attached hydrogens (tertiary/aromatic N) is 8. The van der Waals surface area contributed by atoms with E-state index in [9.17, 15) is 19.8 Å². The highest BCUT2D eigenvalue weighted by atomic mass is 16.5. The van der Waals surface area contributed by atoms with Crippen LogP contribution in [0.25, 0.3) is 22.3 Å². The molecule has 3 atom stereocenters. The summed E-state index contributed by atoms with van der Waals surface area (Å²) in [5.41, 5.74) is 12.8. The third-order valence-corrected chi connectivity index (χ3v) is 13.0. The number of rotatable bonds is 8. The summed E-state index contributed by atoms with van der Waals surface area (Å²) in [5.74, 6) is 0.983. The third-order valence-electron chi connectivity index (χ3n) is 13.0. The van der Waals surface area contributed by atoms with Gasteiger partial charge in [0.2, 0.25) is 12.3 Å². The molecule has 0 radical (unpaired) electrons. The number of aliphatic hydroxyl groups is 1. The molecule has 15 nitrogen and oxygen atoms in total. The number of nitrogens with one attached hydrogen (secondary N) is 1. The van der Waals surface area contributed by atoms with Gasteiger partial charge in [-0.25, -0.2) is 4.98 Å². The van der Waals surface area contributed by atoms with E-state index in [1.54, 1.807) is 29.3 Å². The van der Waals surface area contributed by atoms with Crippen molar-refractivity contribution in [1.82, 2.24) is 34.9 Å². The largest absolute Gasteiger partial charge is 0.507 e. The molecule has 3 saturated heterocycles. The fourth-order valence-corrected chi connectivity index (χ4v) is 9.49. The number of para-hydroxylation sites is 1. The molecule has 314 valence electrons. The van der Waals surface area contributed by atoms with E-state index < -0.39 is 6.35 Å². The molecule has 2 amide bonds. The van der Waals surface area contributed by atoms with Crippen LogP contribution in [0.1, 0.15) is 72.7 Å². The van der Waals surface area contributed by atoms with Crippen LogP contribution >= 0.6 is 0 Å². The van der Waals surface area contributed by atoms with Gasteiger partial charge in [-0.3, -0.25) is 14.5 Å². The predicted molar refractivity (Wildman–Crippen MR) is 229 cm³/mol. The highest BCUT2D eigenvalue weighted by Crippen LogP contribution is 2.38. The van der Waals surface area contributed by atoms with Crippen LogP contribution in [-0.4, -0.2) is 116 Å². The van der Waals surface area contributed by atoms with Crippen LogP contribution in [0.2, 0.25) is 0 Å². The second-order valence-corrected chi connectivity index (χ2v) is 16.9. The van der Waals surface area contributed by atoms with Gasteiger partial charge in [0, 0.05) is 87.0 Å². The number of piperazine rings is 1. The number of ether oxygens (including phenoxy) is 1. The number of hydrogen-bond donors (Lipinski definition) is 4. The molecule has 6 heterocycles. The average molecular weight is 815 g/mol. The van der Waals surface area contributed by atoms with Crippen LogP contribution in [0.3, 0.4) is 0 Å². The zero-order valence-electron chi connectivity index (χ0n) is 34.3. The SMILES string of the molecule is Cc1cn(C2CCC(CN3CCN(C(=O)c4ccc([C@@H]5CN(c6cc(-c7ccccc7O)nnc6N)[C@H](C)CO5)cc4)CC3)CC2)c2ncc(N3CCC(=O)NC3O)cc12. The second kappa shape index (κ2) is 16.7. The first-order valence-corrected chi connectivity index (χ1v) is 21.2. The van der Waals surface area contributed by atoms with Crippen molar-refractivity contribution in [2.24, 2.45) is 5.92 Å². The van der Waals surface area contributed by atoms with E-state index in [0.29, 0.717) is 73.8 Å². The number of amides is 2. The first-order valence-electron chi connectivity index (χ1n) is 21.2. The minimum atomic E-state index is -1.04. The van der Waals surface area contributed by atoms with E-state index in [4.69, 9.17) is 15.5 Å². The maximum Gasteiger partial charge on any atom is 0.253 e. The summed E-state index contributed by atoms with van der Waals surface area (Å²) in [4.78, 5) is 38.7. The van der Waals surface area contributed by atoms with Gasteiger partial charge in [0.05, 0.1) is 29.9 Å². The van der Waals surface area contributed by atoms with Crippen molar-refractivity contribution in [2.75, 3.05) is 68.0 Å². The molecule has 3 aromatic heterocycles. The van der Waals surface area contributed by atoms with Crippen LogP contribution in [0.15, 0.2) is 73.1 Å². The molecule has 4 fully saturated rings. The number of benzene rings is 2. The lowest BCUT2D eigenvalue weighted by atomic mass is 9.85. The Morgan fingerprint density at radius 3 is 2.48 bits per heavy atom. The normalized spacial score (nSPS) is 24.1. The van der Waals surface area contributed by atoms with Crippen molar-refractivity contribution < 1.29 is 24.5 Å². The molecular formula is C45H54N10O5. The highest BCUT2D eigenvalue weighted by Gasteiger charge is 2.32. The zero-order chi connectivity index (χ0) is 41.5. The van der Waals surface area contributed by atoms with E-state index in [2.05, 4.69) is 56.0 Å². The van der Waals surface area contributed by atoms with Crippen LogP contribution in [0.5, 0.6) is 5.75 Å². The Hall–Kier alpha value is -5.77. The molecule has 9 rings (SSSR count). The van der Waals surface area contributed by atoms with Gasteiger partial charge >= 0.3 is 0 Å². The molecule has 3 aliphatic heterocycles. The number of nitrogens with two attached hydrogens (primary N) is 1.